The number of benzene rings is 3. The molecule has 0 aromatic heterocycles. The molecular weight excluding hydrogens is 264 g/mol. The molecule has 1 radical (unpaired) electrons. The monoisotopic (exact) mass is 281 g/mol. The molecule has 0 fully saturated rings. The minimum atomic E-state index is 1.15. The molecule has 0 unspecified atom stereocenters. The van der Waals surface area contributed by atoms with Crippen LogP contribution in [0.5, 0.6) is 0 Å². The Bertz CT molecular complexity index is 701. The van der Waals surface area contributed by atoms with Crippen molar-refractivity contribution in [1.82, 2.24) is 0 Å². The SMILES string of the molecule is [c]1cc(/C=C/c2ccccc2)cc(/C=C/c2ccccc2)c1. The summed E-state index contributed by atoms with van der Waals surface area (Å²) >= 11 is 0. The lowest BCUT2D eigenvalue weighted by molar-refractivity contribution is 1.60. The molecule has 0 aliphatic heterocycles. The molecule has 0 heteroatoms. The number of hydrogen-bond donors (Lipinski definition) is 0. The van der Waals surface area contributed by atoms with E-state index < -0.39 is 0 Å². The van der Waals surface area contributed by atoms with Crippen LogP contribution >= 0.6 is 0 Å². The van der Waals surface area contributed by atoms with Crippen molar-refractivity contribution >= 4 is 24.3 Å². The molecule has 22 heavy (non-hydrogen) atoms. The Morgan fingerprint density at radius 2 is 0.909 bits per heavy atom. The lowest BCUT2D eigenvalue weighted by Crippen LogP contribution is -1.77. The van der Waals surface area contributed by atoms with E-state index >= 15 is 0 Å². The van der Waals surface area contributed by atoms with Crippen LogP contribution in [0.1, 0.15) is 22.3 Å². The highest BCUT2D eigenvalue weighted by molar-refractivity contribution is 5.74. The first-order valence-electron chi connectivity index (χ1n) is 7.37. The quantitative estimate of drug-likeness (QED) is 0.528. The molecule has 3 rings (SSSR count). The van der Waals surface area contributed by atoms with Gasteiger partial charge in [-0.25, -0.2) is 0 Å². The Morgan fingerprint density at radius 3 is 1.36 bits per heavy atom. The van der Waals surface area contributed by atoms with Crippen LogP contribution in [0.4, 0.5) is 0 Å². The van der Waals surface area contributed by atoms with Crippen molar-refractivity contribution in [3.8, 4) is 0 Å². The minimum Gasteiger partial charge on any atom is -0.0622 e. The van der Waals surface area contributed by atoms with Crippen LogP contribution in [0, 0.1) is 6.07 Å². The number of rotatable bonds is 4. The zero-order valence-corrected chi connectivity index (χ0v) is 12.3. The summed E-state index contributed by atoms with van der Waals surface area (Å²) in [5, 5.41) is 0. The van der Waals surface area contributed by atoms with Gasteiger partial charge in [0.2, 0.25) is 0 Å². The average molecular weight is 281 g/mol. The van der Waals surface area contributed by atoms with E-state index in [0.717, 1.165) is 11.1 Å². The molecule has 0 spiro atoms. The van der Waals surface area contributed by atoms with Gasteiger partial charge >= 0.3 is 0 Å². The van der Waals surface area contributed by atoms with Crippen molar-refractivity contribution in [2.45, 2.75) is 0 Å². The van der Waals surface area contributed by atoms with Crippen LogP contribution in [0.15, 0.2) is 78.9 Å². The first kappa shape index (κ1) is 14.1. The summed E-state index contributed by atoms with van der Waals surface area (Å²) in [6.45, 7) is 0. The van der Waals surface area contributed by atoms with Crippen molar-refractivity contribution in [2.24, 2.45) is 0 Å². The van der Waals surface area contributed by atoms with Gasteiger partial charge in [0.05, 0.1) is 0 Å². The molecule has 0 N–H and O–H groups in total. The van der Waals surface area contributed by atoms with Gasteiger partial charge in [0, 0.05) is 0 Å². The summed E-state index contributed by atoms with van der Waals surface area (Å²) in [5.41, 5.74) is 4.71. The van der Waals surface area contributed by atoms with Crippen molar-refractivity contribution in [1.29, 1.82) is 0 Å². The van der Waals surface area contributed by atoms with Gasteiger partial charge in [-0.3, -0.25) is 0 Å². The van der Waals surface area contributed by atoms with Gasteiger partial charge in [-0.05, 0) is 46.5 Å². The van der Waals surface area contributed by atoms with Crippen molar-refractivity contribution in [3.05, 3.63) is 107 Å². The van der Waals surface area contributed by atoms with Crippen molar-refractivity contribution < 1.29 is 0 Å². The molecule has 0 bridgehead atoms. The maximum Gasteiger partial charge on any atom is -0.0172 e. The third-order valence-corrected chi connectivity index (χ3v) is 3.37. The van der Waals surface area contributed by atoms with E-state index in [1.165, 1.54) is 11.1 Å². The summed E-state index contributed by atoms with van der Waals surface area (Å²) in [6.07, 6.45) is 8.47. The van der Waals surface area contributed by atoms with Gasteiger partial charge in [-0.15, -0.1) is 0 Å². The molecular formula is C22H17. The highest BCUT2D eigenvalue weighted by Crippen LogP contribution is 2.13. The highest BCUT2D eigenvalue weighted by Gasteiger charge is 1.91. The fraction of sp³-hybridized carbons (Fsp3) is 0. The lowest BCUT2D eigenvalue weighted by Gasteiger charge is -1.98. The Hall–Kier alpha value is -2.86. The van der Waals surface area contributed by atoms with E-state index in [0.29, 0.717) is 0 Å². The molecule has 0 heterocycles. The van der Waals surface area contributed by atoms with Crippen molar-refractivity contribution in [2.75, 3.05) is 0 Å². The van der Waals surface area contributed by atoms with E-state index in [2.05, 4.69) is 60.7 Å². The largest absolute Gasteiger partial charge is 0.0622 e. The van der Waals surface area contributed by atoms with E-state index in [9.17, 15) is 0 Å². The van der Waals surface area contributed by atoms with Gasteiger partial charge in [-0.2, -0.15) is 0 Å². The summed E-state index contributed by atoms with van der Waals surface area (Å²) in [7, 11) is 0. The molecule has 0 nitrogen and oxygen atoms in total. The molecule has 0 aliphatic carbocycles. The fourth-order valence-corrected chi connectivity index (χ4v) is 2.22. The van der Waals surface area contributed by atoms with Crippen LogP contribution in [0.25, 0.3) is 24.3 Å². The fourth-order valence-electron chi connectivity index (χ4n) is 2.22. The molecule has 3 aromatic carbocycles. The zero-order valence-electron chi connectivity index (χ0n) is 12.3. The maximum absolute atomic E-state index is 3.20. The lowest BCUT2D eigenvalue weighted by atomic mass is 10.1. The van der Waals surface area contributed by atoms with Gasteiger partial charge in [0.25, 0.3) is 0 Å². The van der Waals surface area contributed by atoms with Crippen LogP contribution in [0.2, 0.25) is 0 Å². The highest BCUT2D eigenvalue weighted by atomic mass is 14.0. The first-order valence-corrected chi connectivity index (χ1v) is 7.37. The summed E-state index contributed by atoms with van der Waals surface area (Å²) in [4.78, 5) is 0. The normalized spacial score (nSPS) is 11.3. The Labute approximate surface area is 132 Å². The minimum absolute atomic E-state index is 1.15. The van der Waals surface area contributed by atoms with E-state index in [4.69, 9.17) is 0 Å². The van der Waals surface area contributed by atoms with Gasteiger partial charge in [-0.1, -0.05) is 85.0 Å². The molecule has 0 atom stereocenters. The third-order valence-electron chi connectivity index (χ3n) is 3.37. The van der Waals surface area contributed by atoms with E-state index in [-0.39, 0.29) is 0 Å². The van der Waals surface area contributed by atoms with Crippen LogP contribution in [-0.4, -0.2) is 0 Å². The summed E-state index contributed by atoms with van der Waals surface area (Å²) < 4.78 is 0. The molecule has 0 saturated heterocycles. The summed E-state index contributed by atoms with van der Waals surface area (Å²) in [6, 6.07) is 30.0. The topological polar surface area (TPSA) is 0 Å². The Morgan fingerprint density at radius 1 is 0.500 bits per heavy atom. The van der Waals surface area contributed by atoms with Gasteiger partial charge in [0.15, 0.2) is 0 Å². The van der Waals surface area contributed by atoms with E-state index in [1.807, 2.05) is 48.5 Å². The zero-order chi connectivity index (χ0) is 15.0. The Kier molecular flexibility index (Phi) is 4.63. The second kappa shape index (κ2) is 7.24. The van der Waals surface area contributed by atoms with Gasteiger partial charge < -0.3 is 0 Å². The van der Waals surface area contributed by atoms with Gasteiger partial charge in [0.1, 0.15) is 0 Å². The predicted octanol–water partition coefficient (Wildman–Crippen LogP) is 5.83. The number of hydrogen-bond acceptors (Lipinski definition) is 0. The standard InChI is InChI=1S/C22H17/c1-3-8-19(9-4-1)14-16-21-12-7-13-22(18-21)17-15-20-10-5-2-6-11-20/h1-6,8-18H/b16-14+,17-15+. The molecule has 0 amide bonds. The third kappa shape index (κ3) is 4.07. The van der Waals surface area contributed by atoms with E-state index in [1.54, 1.807) is 0 Å². The second-order valence-electron chi connectivity index (χ2n) is 5.09. The molecule has 0 saturated carbocycles. The van der Waals surface area contributed by atoms with Crippen LogP contribution in [-0.2, 0) is 0 Å². The average Bonchev–Trinajstić information content (AvgIpc) is 2.60. The Balaban J connectivity index is 1.75. The predicted molar refractivity (Wildman–Crippen MR) is 96.0 cm³/mol. The molecule has 0 aliphatic rings. The summed E-state index contributed by atoms with van der Waals surface area (Å²) in [5.74, 6) is 0. The van der Waals surface area contributed by atoms with Crippen LogP contribution in [0.3, 0.4) is 0 Å². The second-order valence-corrected chi connectivity index (χ2v) is 5.09. The maximum atomic E-state index is 3.20. The van der Waals surface area contributed by atoms with Crippen molar-refractivity contribution in [3.63, 3.8) is 0 Å². The first-order chi connectivity index (χ1) is 10.9. The molecule has 3 aromatic rings. The molecule has 105 valence electrons. The van der Waals surface area contributed by atoms with Crippen LogP contribution < -0.4 is 0 Å². The smallest absolute Gasteiger partial charge is 0.0172 e.